The normalized spacial score (nSPS) is 12.1. The van der Waals surface area contributed by atoms with Gasteiger partial charge in [0.15, 0.2) is 0 Å². The zero-order valence-electron chi connectivity index (χ0n) is 14.9. The van der Waals surface area contributed by atoms with E-state index in [-0.39, 0.29) is 35.9 Å². The van der Waals surface area contributed by atoms with Gasteiger partial charge in [0.1, 0.15) is 5.75 Å². The van der Waals surface area contributed by atoms with Crippen molar-refractivity contribution in [2.75, 3.05) is 11.9 Å². The average molecular weight is 433 g/mol. The molecule has 0 aliphatic rings. The standard InChI is InChI=1S/C17H13F6N5O2/c18-16(19,20)10-1-3-11(4-2-10)24-14-6-5-12(30-17(21,22)23)9-13(14)15-25-27-28(26-15)7-8-29/h1-6,9,24,29H,7-8H2. The predicted octanol–water partition coefficient (Wildman–Crippen LogP) is 3.99. The van der Waals surface area contributed by atoms with Crippen LogP contribution in [0.3, 0.4) is 0 Å². The zero-order chi connectivity index (χ0) is 21.9. The summed E-state index contributed by atoms with van der Waals surface area (Å²) in [6, 6.07) is 7.34. The molecule has 0 amide bonds. The minimum Gasteiger partial charge on any atom is -0.406 e. The van der Waals surface area contributed by atoms with E-state index in [4.69, 9.17) is 5.11 Å². The van der Waals surface area contributed by atoms with Crippen LogP contribution in [0.2, 0.25) is 0 Å². The number of aromatic nitrogens is 4. The number of alkyl halides is 6. The van der Waals surface area contributed by atoms with E-state index in [9.17, 15) is 26.3 Å². The van der Waals surface area contributed by atoms with Crippen molar-refractivity contribution in [1.29, 1.82) is 0 Å². The maximum absolute atomic E-state index is 12.7. The maximum Gasteiger partial charge on any atom is 0.573 e. The van der Waals surface area contributed by atoms with E-state index in [2.05, 4.69) is 25.5 Å². The van der Waals surface area contributed by atoms with Gasteiger partial charge in [-0.1, -0.05) is 0 Å². The highest BCUT2D eigenvalue weighted by Crippen LogP contribution is 2.35. The number of hydrogen-bond donors (Lipinski definition) is 2. The first-order chi connectivity index (χ1) is 14.0. The van der Waals surface area contributed by atoms with Crippen molar-refractivity contribution in [1.82, 2.24) is 20.2 Å². The third-order valence-electron chi connectivity index (χ3n) is 3.71. The smallest absolute Gasteiger partial charge is 0.406 e. The molecule has 0 radical (unpaired) electrons. The molecule has 0 atom stereocenters. The van der Waals surface area contributed by atoms with E-state index >= 15 is 0 Å². The zero-order valence-corrected chi connectivity index (χ0v) is 14.9. The molecular weight excluding hydrogens is 420 g/mol. The summed E-state index contributed by atoms with van der Waals surface area (Å²) in [6.07, 6.45) is -9.43. The molecule has 0 bridgehead atoms. The molecule has 0 saturated carbocycles. The fourth-order valence-electron chi connectivity index (χ4n) is 2.45. The van der Waals surface area contributed by atoms with E-state index < -0.39 is 23.9 Å². The van der Waals surface area contributed by atoms with Gasteiger partial charge in [0.25, 0.3) is 0 Å². The molecule has 0 spiro atoms. The molecule has 7 nitrogen and oxygen atoms in total. The fraction of sp³-hybridized carbons (Fsp3) is 0.235. The van der Waals surface area contributed by atoms with Crippen LogP contribution >= 0.6 is 0 Å². The van der Waals surface area contributed by atoms with Crippen molar-refractivity contribution in [3.63, 3.8) is 0 Å². The minimum absolute atomic E-state index is 0.00735. The van der Waals surface area contributed by atoms with Gasteiger partial charge in [0.2, 0.25) is 5.82 Å². The van der Waals surface area contributed by atoms with Gasteiger partial charge < -0.3 is 15.2 Å². The Morgan fingerprint density at radius 1 is 1.00 bits per heavy atom. The number of aliphatic hydroxyl groups is 1. The second kappa shape index (κ2) is 8.18. The summed E-state index contributed by atoms with van der Waals surface area (Å²) < 4.78 is 79.7. The summed E-state index contributed by atoms with van der Waals surface area (Å²) in [5.74, 6) is -0.625. The van der Waals surface area contributed by atoms with E-state index in [0.717, 1.165) is 29.1 Å². The lowest BCUT2D eigenvalue weighted by atomic mass is 10.1. The predicted molar refractivity (Wildman–Crippen MR) is 91.7 cm³/mol. The van der Waals surface area contributed by atoms with Crippen molar-refractivity contribution < 1.29 is 36.2 Å². The van der Waals surface area contributed by atoms with E-state index in [1.54, 1.807) is 0 Å². The molecule has 0 aliphatic heterocycles. The lowest BCUT2D eigenvalue weighted by Gasteiger charge is -2.14. The third kappa shape index (κ3) is 5.37. The average Bonchev–Trinajstić information content (AvgIpc) is 3.10. The van der Waals surface area contributed by atoms with Crippen LogP contribution in [0.25, 0.3) is 11.4 Å². The Balaban J connectivity index is 1.95. The molecule has 1 aromatic heterocycles. The first-order valence-electron chi connectivity index (χ1n) is 8.28. The molecule has 13 heteroatoms. The summed E-state index contributed by atoms with van der Waals surface area (Å²) >= 11 is 0. The minimum atomic E-state index is -4.93. The third-order valence-corrected chi connectivity index (χ3v) is 3.71. The number of nitrogens with one attached hydrogen (secondary N) is 1. The van der Waals surface area contributed by atoms with Gasteiger partial charge in [-0.2, -0.15) is 18.0 Å². The first kappa shape index (κ1) is 21.4. The molecule has 3 rings (SSSR count). The number of anilines is 2. The monoisotopic (exact) mass is 433 g/mol. The lowest BCUT2D eigenvalue weighted by molar-refractivity contribution is -0.274. The number of hydrogen-bond acceptors (Lipinski definition) is 6. The van der Waals surface area contributed by atoms with E-state index in [0.29, 0.717) is 0 Å². The lowest BCUT2D eigenvalue weighted by Crippen LogP contribution is -2.17. The molecule has 2 N–H and O–H groups in total. The molecule has 3 aromatic rings. The number of benzene rings is 2. The Bertz CT molecular complexity index is 1000. The summed E-state index contributed by atoms with van der Waals surface area (Å²) in [5.41, 5.74) is -0.346. The molecule has 2 aromatic carbocycles. The SMILES string of the molecule is OCCn1nnc(-c2cc(OC(F)(F)F)ccc2Nc2ccc(C(F)(F)F)cc2)n1. The summed E-state index contributed by atoms with van der Waals surface area (Å²) in [5, 5.41) is 23.1. The molecule has 1 heterocycles. The molecule has 30 heavy (non-hydrogen) atoms. The van der Waals surface area contributed by atoms with Crippen LogP contribution in [0.5, 0.6) is 5.75 Å². The quantitative estimate of drug-likeness (QED) is 0.572. The molecular formula is C17H13F6N5O2. The number of ether oxygens (including phenoxy) is 1. The van der Waals surface area contributed by atoms with Crippen molar-refractivity contribution in [2.24, 2.45) is 0 Å². The van der Waals surface area contributed by atoms with E-state index in [1.807, 2.05) is 0 Å². The van der Waals surface area contributed by atoms with Gasteiger partial charge >= 0.3 is 12.5 Å². The van der Waals surface area contributed by atoms with Crippen LogP contribution < -0.4 is 10.1 Å². The van der Waals surface area contributed by atoms with Gasteiger partial charge in [0, 0.05) is 11.4 Å². The summed E-state index contributed by atoms with van der Waals surface area (Å²) in [4.78, 5) is 1.04. The van der Waals surface area contributed by atoms with Crippen LogP contribution in [0.4, 0.5) is 37.7 Å². The Morgan fingerprint density at radius 2 is 1.70 bits per heavy atom. The molecule has 0 saturated heterocycles. The number of tetrazole rings is 1. The van der Waals surface area contributed by atoms with Gasteiger partial charge in [-0.15, -0.1) is 23.4 Å². The molecule has 160 valence electrons. The van der Waals surface area contributed by atoms with Crippen LogP contribution in [0.15, 0.2) is 42.5 Å². The first-order valence-corrected chi connectivity index (χ1v) is 8.28. The van der Waals surface area contributed by atoms with E-state index in [1.165, 1.54) is 18.2 Å². The Kier molecular flexibility index (Phi) is 5.82. The van der Waals surface area contributed by atoms with Crippen molar-refractivity contribution >= 4 is 11.4 Å². The number of rotatable bonds is 6. The van der Waals surface area contributed by atoms with Gasteiger partial charge in [-0.25, -0.2) is 0 Å². The molecule has 0 fully saturated rings. The van der Waals surface area contributed by atoms with Crippen molar-refractivity contribution in [3.05, 3.63) is 48.0 Å². The number of halogens is 6. The maximum atomic E-state index is 12.7. The number of nitrogens with zero attached hydrogens (tertiary/aromatic N) is 4. The van der Waals surface area contributed by atoms with Crippen LogP contribution in [0, 0.1) is 0 Å². The molecule has 0 aliphatic carbocycles. The van der Waals surface area contributed by atoms with Gasteiger partial charge in [0.05, 0.1) is 24.3 Å². The van der Waals surface area contributed by atoms with Crippen molar-refractivity contribution in [2.45, 2.75) is 19.1 Å². The second-order valence-electron chi connectivity index (χ2n) is 5.89. The fourth-order valence-corrected chi connectivity index (χ4v) is 2.45. The number of aliphatic hydroxyl groups excluding tert-OH is 1. The topological polar surface area (TPSA) is 85.1 Å². The van der Waals surface area contributed by atoms with Crippen LogP contribution in [-0.2, 0) is 12.7 Å². The Labute approximate surface area is 164 Å². The van der Waals surface area contributed by atoms with Crippen LogP contribution in [0.1, 0.15) is 5.56 Å². The Morgan fingerprint density at radius 3 is 2.30 bits per heavy atom. The highest BCUT2D eigenvalue weighted by atomic mass is 19.4. The molecule has 0 unspecified atom stereocenters. The van der Waals surface area contributed by atoms with Crippen LogP contribution in [-0.4, -0.2) is 38.3 Å². The largest absolute Gasteiger partial charge is 0.573 e. The van der Waals surface area contributed by atoms with Crippen molar-refractivity contribution in [3.8, 4) is 17.1 Å². The highest BCUT2D eigenvalue weighted by Gasteiger charge is 2.32. The second-order valence-corrected chi connectivity index (χ2v) is 5.89. The summed E-state index contributed by atoms with van der Waals surface area (Å²) in [6.45, 7) is -0.281. The Hall–Kier alpha value is -3.35. The highest BCUT2D eigenvalue weighted by molar-refractivity contribution is 5.78. The van der Waals surface area contributed by atoms with Gasteiger partial charge in [-0.05, 0) is 47.7 Å². The summed E-state index contributed by atoms with van der Waals surface area (Å²) in [7, 11) is 0. The van der Waals surface area contributed by atoms with Gasteiger partial charge in [-0.3, -0.25) is 0 Å².